The SMILES string of the molecule is C.C[C@@H](O)[C@H](NC(=O)c1ccc(-c2ccc(O)cc2)cc1)C(=O)NC(C#N)c1ccccc1. The van der Waals surface area contributed by atoms with E-state index >= 15 is 0 Å². The van der Waals surface area contributed by atoms with Crippen LogP contribution in [-0.2, 0) is 4.79 Å². The highest BCUT2D eigenvalue weighted by molar-refractivity contribution is 5.98. The highest BCUT2D eigenvalue weighted by Crippen LogP contribution is 2.22. The van der Waals surface area contributed by atoms with E-state index in [2.05, 4.69) is 10.6 Å². The number of hydrogen-bond donors (Lipinski definition) is 4. The Bertz CT molecular complexity index is 1110. The van der Waals surface area contributed by atoms with E-state index in [0.29, 0.717) is 11.1 Å². The molecule has 0 saturated heterocycles. The molecule has 0 aliphatic rings. The summed E-state index contributed by atoms with van der Waals surface area (Å²) in [5.41, 5.74) is 2.64. The molecule has 0 aliphatic heterocycles. The number of aliphatic hydroxyl groups excluding tert-OH is 1. The van der Waals surface area contributed by atoms with Crippen LogP contribution in [0.4, 0.5) is 0 Å². The molecular weight excluding hydrogens is 418 g/mol. The fraction of sp³-hybridized carbons (Fsp3) is 0.192. The van der Waals surface area contributed by atoms with E-state index in [0.717, 1.165) is 11.1 Å². The molecule has 33 heavy (non-hydrogen) atoms. The van der Waals surface area contributed by atoms with Crippen molar-refractivity contribution < 1.29 is 19.8 Å². The molecule has 0 radical (unpaired) electrons. The molecule has 7 heteroatoms. The Kier molecular flexibility index (Phi) is 8.72. The second-order valence-corrected chi connectivity index (χ2v) is 7.30. The van der Waals surface area contributed by atoms with Crippen molar-refractivity contribution in [1.82, 2.24) is 10.6 Å². The third kappa shape index (κ3) is 6.42. The summed E-state index contributed by atoms with van der Waals surface area (Å²) >= 11 is 0. The van der Waals surface area contributed by atoms with Gasteiger partial charge in [-0.2, -0.15) is 5.26 Å². The number of nitrogens with one attached hydrogen (secondary N) is 2. The van der Waals surface area contributed by atoms with Crippen LogP contribution >= 0.6 is 0 Å². The zero-order chi connectivity index (χ0) is 23.1. The molecule has 0 spiro atoms. The number of carbonyl (C=O) groups is 2. The zero-order valence-corrected chi connectivity index (χ0v) is 17.4. The summed E-state index contributed by atoms with van der Waals surface area (Å²) in [7, 11) is 0. The number of aromatic hydroxyl groups is 1. The predicted molar refractivity (Wildman–Crippen MR) is 126 cm³/mol. The number of nitrogens with zero attached hydrogens (tertiary/aromatic N) is 1. The van der Waals surface area contributed by atoms with Crippen LogP contribution in [0.3, 0.4) is 0 Å². The van der Waals surface area contributed by atoms with E-state index in [1.807, 2.05) is 6.07 Å². The Balaban J connectivity index is 0.00000385. The van der Waals surface area contributed by atoms with Crippen molar-refractivity contribution in [1.29, 1.82) is 5.26 Å². The van der Waals surface area contributed by atoms with E-state index in [1.54, 1.807) is 78.9 Å². The summed E-state index contributed by atoms with van der Waals surface area (Å²) in [6.07, 6.45) is -1.18. The van der Waals surface area contributed by atoms with Crippen molar-refractivity contribution >= 4 is 11.8 Å². The second-order valence-electron chi connectivity index (χ2n) is 7.30. The highest BCUT2D eigenvalue weighted by Gasteiger charge is 2.28. The molecule has 0 aliphatic carbocycles. The van der Waals surface area contributed by atoms with E-state index < -0.39 is 30.0 Å². The van der Waals surface area contributed by atoms with Gasteiger partial charge in [-0.1, -0.05) is 62.0 Å². The summed E-state index contributed by atoms with van der Waals surface area (Å²) in [6, 6.07) is 22.0. The van der Waals surface area contributed by atoms with Gasteiger partial charge in [0.2, 0.25) is 5.91 Å². The zero-order valence-electron chi connectivity index (χ0n) is 17.4. The molecule has 0 bridgehead atoms. The fourth-order valence-corrected chi connectivity index (χ4v) is 3.17. The number of rotatable bonds is 7. The van der Waals surface area contributed by atoms with Crippen molar-refractivity contribution in [3.05, 3.63) is 90.0 Å². The summed E-state index contributed by atoms with van der Waals surface area (Å²) in [4.78, 5) is 25.4. The third-order valence-electron chi connectivity index (χ3n) is 4.95. The maximum absolute atomic E-state index is 12.7. The molecule has 170 valence electrons. The highest BCUT2D eigenvalue weighted by atomic mass is 16.3. The number of benzene rings is 3. The molecule has 0 heterocycles. The van der Waals surface area contributed by atoms with Gasteiger partial charge in [-0.25, -0.2) is 0 Å². The van der Waals surface area contributed by atoms with Crippen molar-refractivity contribution in [2.45, 2.75) is 32.5 Å². The first kappa shape index (κ1) is 25.1. The molecule has 7 nitrogen and oxygen atoms in total. The van der Waals surface area contributed by atoms with Gasteiger partial charge in [-0.3, -0.25) is 9.59 Å². The molecule has 0 aromatic heterocycles. The molecule has 0 saturated carbocycles. The molecule has 1 unspecified atom stereocenters. The number of hydrogen-bond acceptors (Lipinski definition) is 5. The van der Waals surface area contributed by atoms with Crippen molar-refractivity contribution in [2.24, 2.45) is 0 Å². The van der Waals surface area contributed by atoms with Crippen molar-refractivity contribution in [2.75, 3.05) is 0 Å². The summed E-state index contributed by atoms with van der Waals surface area (Å²) in [6.45, 7) is 1.39. The van der Waals surface area contributed by atoms with Crippen LogP contribution in [0.25, 0.3) is 11.1 Å². The normalized spacial score (nSPS) is 12.9. The quantitative estimate of drug-likeness (QED) is 0.443. The van der Waals surface area contributed by atoms with Gasteiger partial charge in [0.1, 0.15) is 17.8 Å². The first-order valence-electron chi connectivity index (χ1n) is 10.0. The van der Waals surface area contributed by atoms with Crippen LogP contribution in [-0.4, -0.2) is 34.2 Å². The largest absolute Gasteiger partial charge is 0.508 e. The summed E-state index contributed by atoms with van der Waals surface area (Å²) in [5.74, 6) is -1.03. The minimum absolute atomic E-state index is 0. The standard InChI is InChI=1S/C25H23N3O4.CH4/c1-16(29)23(25(32)27-22(15-26)19-5-3-2-4-6-19)28-24(31)20-9-7-17(8-10-20)18-11-13-21(30)14-12-18;/h2-14,16,22-23,29-30H,1H3,(H,27,32)(H,28,31);1H4/t16-,22?,23+;/m1./s1. The van der Waals surface area contributed by atoms with Gasteiger partial charge in [0.15, 0.2) is 0 Å². The molecule has 3 atom stereocenters. The Morgan fingerprint density at radius 1 is 0.879 bits per heavy atom. The van der Waals surface area contributed by atoms with Gasteiger partial charge < -0.3 is 20.8 Å². The van der Waals surface area contributed by atoms with Crippen LogP contribution in [0.5, 0.6) is 5.75 Å². The minimum atomic E-state index is -1.24. The Morgan fingerprint density at radius 2 is 1.42 bits per heavy atom. The van der Waals surface area contributed by atoms with E-state index in [4.69, 9.17) is 0 Å². The maximum atomic E-state index is 12.7. The lowest BCUT2D eigenvalue weighted by Gasteiger charge is -2.22. The Hall–Kier alpha value is -4.15. The van der Waals surface area contributed by atoms with Gasteiger partial charge in [0, 0.05) is 5.56 Å². The molecule has 3 aromatic carbocycles. The van der Waals surface area contributed by atoms with E-state index in [-0.39, 0.29) is 13.2 Å². The number of phenolic OH excluding ortho intramolecular Hbond substituents is 1. The fourth-order valence-electron chi connectivity index (χ4n) is 3.17. The molecule has 3 rings (SSSR count). The number of aliphatic hydroxyl groups is 1. The second kappa shape index (κ2) is 11.5. The van der Waals surface area contributed by atoms with Crippen molar-refractivity contribution in [3.8, 4) is 22.9 Å². The molecular formula is C26H27N3O4. The number of nitriles is 1. The van der Waals surface area contributed by atoms with Crippen LogP contribution < -0.4 is 10.6 Å². The first-order chi connectivity index (χ1) is 15.4. The lowest BCUT2D eigenvalue weighted by Crippen LogP contribution is -2.52. The van der Waals surface area contributed by atoms with Crippen LogP contribution in [0, 0.1) is 11.3 Å². The minimum Gasteiger partial charge on any atom is -0.508 e. The first-order valence-corrected chi connectivity index (χ1v) is 10.0. The predicted octanol–water partition coefficient (Wildman–Crippen LogP) is 3.56. The van der Waals surface area contributed by atoms with E-state index in [1.165, 1.54) is 6.92 Å². The van der Waals surface area contributed by atoms with Gasteiger partial charge in [0.05, 0.1) is 12.2 Å². The average molecular weight is 446 g/mol. The van der Waals surface area contributed by atoms with Gasteiger partial charge in [0.25, 0.3) is 5.91 Å². The van der Waals surface area contributed by atoms with Crippen molar-refractivity contribution in [3.63, 3.8) is 0 Å². The summed E-state index contributed by atoms with van der Waals surface area (Å²) < 4.78 is 0. The molecule has 3 aromatic rings. The maximum Gasteiger partial charge on any atom is 0.252 e. The average Bonchev–Trinajstić information content (AvgIpc) is 2.81. The molecule has 0 fully saturated rings. The smallest absolute Gasteiger partial charge is 0.252 e. The number of amides is 2. The van der Waals surface area contributed by atoms with Gasteiger partial charge in [-0.15, -0.1) is 0 Å². The topological polar surface area (TPSA) is 122 Å². The van der Waals surface area contributed by atoms with Gasteiger partial charge >= 0.3 is 0 Å². The van der Waals surface area contributed by atoms with Crippen LogP contribution in [0.2, 0.25) is 0 Å². The van der Waals surface area contributed by atoms with Crippen LogP contribution in [0.15, 0.2) is 78.9 Å². The lowest BCUT2D eigenvalue weighted by molar-refractivity contribution is -0.125. The molecule has 4 N–H and O–H groups in total. The summed E-state index contributed by atoms with van der Waals surface area (Å²) in [5, 5.41) is 34.0. The lowest BCUT2D eigenvalue weighted by atomic mass is 10.0. The Labute approximate surface area is 193 Å². The number of carbonyl (C=O) groups excluding carboxylic acids is 2. The van der Waals surface area contributed by atoms with Crippen LogP contribution in [0.1, 0.15) is 36.3 Å². The molecule has 2 amide bonds. The third-order valence-corrected chi connectivity index (χ3v) is 4.95. The van der Waals surface area contributed by atoms with E-state index in [9.17, 15) is 25.1 Å². The monoisotopic (exact) mass is 445 g/mol. The Morgan fingerprint density at radius 3 is 1.94 bits per heavy atom. The number of phenols is 1. The van der Waals surface area contributed by atoms with Gasteiger partial charge in [-0.05, 0) is 47.9 Å².